The largest absolute Gasteiger partial charge is 0.367 e. The van der Waals surface area contributed by atoms with Gasteiger partial charge in [-0.3, -0.25) is 4.79 Å². The average molecular weight is 269 g/mol. The van der Waals surface area contributed by atoms with Gasteiger partial charge in [0.2, 0.25) is 0 Å². The highest BCUT2D eigenvalue weighted by Crippen LogP contribution is 2.18. The number of anilines is 2. The molecule has 1 heterocycles. The number of para-hydroxylation sites is 1. The molecule has 4 nitrogen and oxygen atoms in total. The molecule has 0 radical (unpaired) electrons. The summed E-state index contributed by atoms with van der Waals surface area (Å²) in [5, 5.41) is 6.10. The van der Waals surface area contributed by atoms with Crippen LogP contribution in [0.25, 0.3) is 0 Å². The third-order valence-corrected chi connectivity index (χ3v) is 2.87. The van der Waals surface area contributed by atoms with Crippen LogP contribution in [0.2, 0.25) is 0 Å². The molecule has 0 aliphatic heterocycles. The summed E-state index contributed by atoms with van der Waals surface area (Å²) in [6, 6.07) is 11.4. The second kappa shape index (κ2) is 6.19. The van der Waals surface area contributed by atoms with Gasteiger partial charge in [0.15, 0.2) is 0 Å². The molecule has 0 unspecified atom stereocenters. The Bertz CT molecular complexity index is 608. The summed E-state index contributed by atoms with van der Waals surface area (Å²) in [6.45, 7) is 5.99. The molecule has 0 atom stereocenters. The molecule has 4 heteroatoms. The fourth-order valence-corrected chi connectivity index (χ4v) is 1.88. The van der Waals surface area contributed by atoms with E-state index >= 15 is 0 Å². The molecule has 1 amide bonds. The van der Waals surface area contributed by atoms with Crippen molar-refractivity contribution >= 4 is 17.4 Å². The third kappa shape index (κ3) is 3.35. The molecule has 0 saturated heterocycles. The Morgan fingerprint density at radius 3 is 2.60 bits per heavy atom. The van der Waals surface area contributed by atoms with E-state index < -0.39 is 0 Å². The molecule has 1 aromatic heterocycles. The van der Waals surface area contributed by atoms with Crippen molar-refractivity contribution in [3.05, 3.63) is 53.7 Å². The van der Waals surface area contributed by atoms with Gasteiger partial charge in [-0.25, -0.2) is 4.98 Å². The number of hydrogen-bond donors (Lipinski definition) is 2. The van der Waals surface area contributed by atoms with Crippen LogP contribution in [0.15, 0.2) is 42.6 Å². The Kier molecular flexibility index (Phi) is 4.35. The molecule has 1 aromatic carbocycles. The van der Waals surface area contributed by atoms with E-state index in [2.05, 4.69) is 15.6 Å². The van der Waals surface area contributed by atoms with E-state index in [4.69, 9.17) is 0 Å². The summed E-state index contributed by atoms with van der Waals surface area (Å²) in [5.74, 6) is 0.448. The van der Waals surface area contributed by atoms with Gasteiger partial charge < -0.3 is 10.6 Å². The van der Waals surface area contributed by atoms with Crippen molar-refractivity contribution in [2.75, 3.05) is 10.6 Å². The monoisotopic (exact) mass is 269 g/mol. The van der Waals surface area contributed by atoms with Crippen LogP contribution in [-0.4, -0.2) is 16.9 Å². The lowest BCUT2D eigenvalue weighted by atomic mass is 10.1. The first-order valence-electron chi connectivity index (χ1n) is 6.66. The molecule has 0 fully saturated rings. The summed E-state index contributed by atoms with van der Waals surface area (Å²) in [7, 11) is 0. The number of nitrogens with zero attached hydrogens (tertiary/aromatic N) is 1. The Morgan fingerprint density at radius 1 is 1.15 bits per heavy atom. The van der Waals surface area contributed by atoms with Crippen LogP contribution in [0.4, 0.5) is 11.5 Å². The predicted molar refractivity (Wildman–Crippen MR) is 82.1 cm³/mol. The number of nitrogens with one attached hydrogen (secondary N) is 2. The minimum absolute atomic E-state index is 0.157. The second-order valence-corrected chi connectivity index (χ2v) is 4.97. The minimum atomic E-state index is -0.157. The summed E-state index contributed by atoms with van der Waals surface area (Å²) >= 11 is 0. The van der Waals surface area contributed by atoms with Gasteiger partial charge >= 0.3 is 0 Å². The van der Waals surface area contributed by atoms with Crippen molar-refractivity contribution in [2.45, 2.75) is 26.8 Å². The highest BCUT2D eigenvalue weighted by molar-refractivity contribution is 6.07. The average Bonchev–Trinajstić information content (AvgIpc) is 2.41. The van der Waals surface area contributed by atoms with Crippen LogP contribution >= 0.6 is 0 Å². The zero-order chi connectivity index (χ0) is 14.5. The van der Waals surface area contributed by atoms with Crippen LogP contribution in [-0.2, 0) is 0 Å². The number of rotatable bonds is 4. The lowest BCUT2D eigenvalue weighted by Crippen LogP contribution is -2.19. The molecule has 2 rings (SSSR count). The SMILES string of the molecule is Cc1ccccc1NC(=O)c1cccnc1NC(C)C. The topological polar surface area (TPSA) is 54.0 Å². The van der Waals surface area contributed by atoms with Crippen molar-refractivity contribution in [3.63, 3.8) is 0 Å². The first-order chi connectivity index (χ1) is 9.58. The maximum absolute atomic E-state index is 12.4. The standard InChI is InChI=1S/C16H19N3O/c1-11(2)18-15-13(8-6-10-17-15)16(20)19-14-9-5-4-7-12(14)3/h4-11H,1-3H3,(H,17,18)(H,19,20). The molecule has 0 aliphatic rings. The lowest BCUT2D eigenvalue weighted by Gasteiger charge is -2.14. The van der Waals surface area contributed by atoms with Gasteiger partial charge in [0, 0.05) is 17.9 Å². The van der Waals surface area contributed by atoms with E-state index in [1.165, 1.54) is 0 Å². The number of aryl methyl sites for hydroxylation is 1. The number of carbonyl (C=O) groups excluding carboxylic acids is 1. The van der Waals surface area contributed by atoms with E-state index in [1.54, 1.807) is 18.3 Å². The van der Waals surface area contributed by atoms with Crippen LogP contribution in [0.5, 0.6) is 0 Å². The maximum atomic E-state index is 12.4. The smallest absolute Gasteiger partial charge is 0.259 e. The molecule has 0 spiro atoms. The Labute approximate surface area is 119 Å². The third-order valence-electron chi connectivity index (χ3n) is 2.87. The molecule has 0 bridgehead atoms. The highest BCUT2D eigenvalue weighted by Gasteiger charge is 2.13. The summed E-state index contributed by atoms with van der Waals surface area (Å²) < 4.78 is 0. The molecule has 20 heavy (non-hydrogen) atoms. The van der Waals surface area contributed by atoms with Crippen molar-refractivity contribution < 1.29 is 4.79 Å². The number of hydrogen-bond acceptors (Lipinski definition) is 3. The van der Waals surface area contributed by atoms with Crippen molar-refractivity contribution in [3.8, 4) is 0 Å². The Balaban J connectivity index is 2.23. The lowest BCUT2D eigenvalue weighted by molar-refractivity contribution is 0.102. The fraction of sp³-hybridized carbons (Fsp3) is 0.250. The quantitative estimate of drug-likeness (QED) is 0.893. The number of amides is 1. The van der Waals surface area contributed by atoms with Gasteiger partial charge in [-0.2, -0.15) is 0 Å². The zero-order valence-electron chi connectivity index (χ0n) is 12.0. The number of aromatic nitrogens is 1. The second-order valence-electron chi connectivity index (χ2n) is 4.97. The van der Waals surface area contributed by atoms with E-state index in [1.807, 2.05) is 45.0 Å². The number of pyridine rings is 1. The summed E-state index contributed by atoms with van der Waals surface area (Å²) in [4.78, 5) is 16.6. The summed E-state index contributed by atoms with van der Waals surface area (Å²) in [5.41, 5.74) is 2.39. The van der Waals surface area contributed by atoms with Crippen molar-refractivity contribution in [1.29, 1.82) is 0 Å². The normalized spacial score (nSPS) is 10.4. The zero-order valence-corrected chi connectivity index (χ0v) is 12.0. The Hall–Kier alpha value is -2.36. The van der Waals surface area contributed by atoms with E-state index in [-0.39, 0.29) is 11.9 Å². The molecular formula is C16H19N3O. The van der Waals surface area contributed by atoms with Gasteiger partial charge in [0.25, 0.3) is 5.91 Å². The van der Waals surface area contributed by atoms with Gasteiger partial charge in [-0.05, 0) is 44.5 Å². The molecule has 104 valence electrons. The first kappa shape index (κ1) is 14.1. The van der Waals surface area contributed by atoms with Crippen LogP contribution < -0.4 is 10.6 Å². The van der Waals surface area contributed by atoms with E-state index in [9.17, 15) is 4.79 Å². The number of carbonyl (C=O) groups is 1. The van der Waals surface area contributed by atoms with Gasteiger partial charge in [0.05, 0.1) is 5.56 Å². The van der Waals surface area contributed by atoms with Crippen LogP contribution in [0.3, 0.4) is 0 Å². The van der Waals surface area contributed by atoms with Gasteiger partial charge in [0.1, 0.15) is 5.82 Å². The van der Waals surface area contributed by atoms with Gasteiger partial charge in [-0.15, -0.1) is 0 Å². The molecule has 2 aromatic rings. The van der Waals surface area contributed by atoms with Crippen molar-refractivity contribution in [1.82, 2.24) is 4.98 Å². The van der Waals surface area contributed by atoms with E-state index in [0.29, 0.717) is 11.4 Å². The van der Waals surface area contributed by atoms with Gasteiger partial charge in [-0.1, -0.05) is 18.2 Å². The van der Waals surface area contributed by atoms with E-state index in [0.717, 1.165) is 11.3 Å². The first-order valence-corrected chi connectivity index (χ1v) is 6.66. The number of benzene rings is 1. The van der Waals surface area contributed by atoms with Crippen LogP contribution in [0, 0.1) is 6.92 Å². The predicted octanol–water partition coefficient (Wildman–Crippen LogP) is 3.46. The molecule has 2 N–H and O–H groups in total. The molecule has 0 aliphatic carbocycles. The van der Waals surface area contributed by atoms with Crippen molar-refractivity contribution in [2.24, 2.45) is 0 Å². The van der Waals surface area contributed by atoms with Crippen LogP contribution in [0.1, 0.15) is 29.8 Å². The Morgan fingerprint density at radius 2 is 1.90 bits per heavy atom. The summed E-state index contributed by atoms with van der Waals surface area (Å²) in [6.07, 6.45) is 1.68. The molecule has 0 saturated carbocycles. The molecular weight excluding hydrogens is 250 g/mol. The maximum Gasteiger partial charge on any atom is 0.259 e. The minimum Gasteiger partial charge on any atom is -0.367 e. The highest BCUT2D eigenvalue weighted by atomic mass is 16.1. The fourth-order valence-electron chi connectivity index (χ4n) is 1.88.